The lowest BCUT2D eigenvalue weighted by molar-refractivity contribution is -0.150. The van der Waals surface area contributed by atoms with E-state index < -0.39 is 5.41 Å². The van der Waals surface area contributed by atoms with Gasteiger partial charge in [-0.2, -0.15) is 0 Å². The van der Waals surface area contributed by atoms with E-state index in [0.717, 1.165) is 0 Å². The fraction of sp³-hybridized carbons (Fsp3) is 0.909. The highest BCUT2D eigenvalue weighted by Gasteiger charge is 2.28. The highest BCUT2D eigenvalue weighted by molar-refractivity contribution is 5.69. The zero-order valence-corrected chi connectivity index (χ0v) is 10.4. The van der Waals surface area contributed by atoms with E-state index in [4.69, 9.17) is 14.9 Å². The van der Waals surface area contributed by atoms with E-state index in [1.807, 2.05) is 25.9 Å². The highest BCUT2D eigenvalue weighted by atomic mass is 16.5. The third-order valence-electron chi connectivity index (χ3n) is 2.72. The Morgan fingerprint density at radius 3 is 2.25 bits per heavy atom. The van der Waals surface area contributed by atoms with Crippen LogP contribution in [0.5, 0.6) is 0 Å². The van der Waals surface area contributed by atoms with E-state index in [1.165, 1.54) is 0 Å². The minimum absolute atomic E-state index is 0.0722. The van der Waals surface area contributed by atoms with Gasteiger partial charge in [-0.3, -0.25) is 4.79 Å². The molecule has 0 fully saturated rings. The van der Waals surface area contributed by atoms with E-state index in [-0.39, 0.29) is 25.8 Å². The van der Waals surface area contributed by atoms with Crippen molar-refractivity contribution in [3.8, 4) is 0 Å². The maximum Gasteiger partial charge on any atom is 0.307 e. The molecule has 0 aliphatic heterocycles. The Morgan fingerprint density at radius 2 is 1.88 bits per heavy atom. The molecule has 0 aromatic rings. The molecule has 0 rings (SSSR count). The Hall–Kier alpha value is -0.650. The summed E-state index contributed by atoms with van der Waals surface area (Å²) >= 11 is 0. The second-order valence-corrected chi connectivity index (χ2v) is 4.38. The third kappa shape index (κ3) is 5.44. The van der Waals surface area contributed by atoms with Crippen LogP contribution < -0.4 is 0 Å². The second-order valence-electron chi connectivity index (χ2n) is 4.38. The van der Waals surface area contributed by atoms with Crippen molar-refractivity contribution >= 4 is 5.97 Å². The summed E-state index contributed by atoms with van der Waals surface area (Å²) in [5.41, 5.74) is -0.701. The van der Waals surface area contributed by atoms with Crippen molar-refractivity contribution in [1.29, 1.82) is 0 Å². The van der Waals surface area contributed by atoms with Crippen molar-refractivity contribution < 1.29 is 19.7 Å². The van der Waals surface area contributed by atoms with Gasteiger partial charge in [-0.15, -0.1) is 0 Å². The van der Waals surface area contributed by atoms with Crippen LogP contribution >= 0.6 is 0 Å². The zero-order valence-electron chi connectivity index (χ0n) is 10.4. The fourth-order valence-corrected chi connectivity index (χ4v) is 1.09. The van der Waals surface area contributed by atoms with Crippen molar-refractivity contribution in [1.82, 2.24) is 4.90 Å². The number of hydrogen-bond acceptors (Lipinski definition) is 5. The SMILES string of the molecule is CCC(CO)(CO)COC(=O)CCN(C)C. The molecule has 0 heterocycles. The summed E-state index contributed by atoms with van der Waals surface area (Å²) < 4.78 is 5.04. The van der Waals surface area contributed by atoms with Gasteiger partial charge in [0.2, 0.25) is 0 Å². The van der Waals surface area contributed by atoms with Crippen LogP contribution in [0.25, 0.3) is 0 Å². The Morgan fingerprint density at radius 1 is 1.31 bits per heavy atom. The minimum Gasteiger partial charge on any atom is -0.465 e. The van der Waals surface area contributed by atoms with Gasteiger partial charge in [0.1, 0.15) is 6.61 Å². The molecule has 5 heteroatoms. The molecule has 0 radical (unpaired) electrons. The summed E-state index contributed by atoms with van der Waals surface area (Å²) in [4.78, 5) is 13.2. The van der Waals surface area contributed by atoms with Gasteiger partial charge in [0.25, 0.3) is 0 Å². The molecular weight excluding hydrogens is 210 g/mol. The largest absolute Gasteiger partial charge is 0.465 e. The van der Waals surface area contributed by atoms with E-state index in [9.17, 15) is 4.79 Å². The van der Waals surface area contributed by atoms with Crippen molar-refractivity contribution in [2.45, 2.75) is 19.8 Å². The number of hydrogen-bond donors (Lipinski definition) is 2. The summed E-state index contributed by atoms with van der Waals surface area (Å²) in [6.07, 6.45) is 0.893. The van der Waals surface area contributed by atoms with E-state index in [1.54, 1.807) is 0 Å². The first-order valence-corrected chi connectivity index (χ1v) is 5.51. The van der Waals surface area contributed by atoms with Gasteiger partial charge >= 0.3 is 5.97 Å². The lowest BCUT2D eigenvalue weighted by atomic mass is 9.88. The molecule has 0 aromatic heterocycles. The summed E-state index contributed by atoms with van der Waals surface area (Å²) in [5, 5.41) is 18.3. The van der Waals surface area contributed by atoms with Crippen molar-refractivity contribution in [2.75, 3.05) is 40.5 Å². The quantitative estimate of drug-likeness (QED) is 0.571. The molecule has 0 spiro atoms. The first kappa shape index (κ1) is 15.3. The predicted octanol–water partition coefficient (Wildman–Crippen LogP) is -0.138. The standard InChI is InChI=1S/C11H23NO4/c1-4-11(7-13,8-14)9-16-10(15)5-6-12(2)3/h13-14H,4-9H2,1-3H3. The van der Waals surface area contributed by atoms with Crippen molar-refractivity contribution in [3.63, 3.8) is 0 Å². The van der Waals surface area contributed by atoms with Crippen LogP contribution in [-0.2, 0) is 9.53 Å². The van der Waals surface area contributed by atoms with Crippen LogP contribution in [-0.4, -0.2) is 61.5 Å². The molecule has 0 aromatic carbocycles. The Kier molecular flexibility index (Phi) is 7.29. The molecule has 0 atom stereocenters. The Balaban J connectivity index is 3.97. The van der Waals surface area contributed by atoms with Gasteiger partial charge in [-0.25, -0.2) is 0 Å². The molecule has 0 bridgehead atoms. The van der Waals surface area contributed by atoms with Crippen molar-refractivity contribution in [2.24, 2.45) is 5.41 Å². The zero-order chi connectivity index (χ0) is 12.6. The summed E-state index contributed by atoms with van der Waals surface area (Å²) in [7, 11) is 3.76. The van der Waals surface area contributed by atoms with Crippen LogP contribution in [0, 0.1) is 5.41 Å². The Bertz CT molecular complexity index is 194. The number of ether oxygens (including phenoxy) is 1. The van der Waals surface area contributed by atoms with Crippen molar-refractivity contribution in [3.05, 3.63) is 0 Å². The second kappa shape index (κ2) is 7.60. The maximum atomic E-state index is 11.3. The molecule has 0 aliphatic rings. The third-order valence-corrected chi connectivity index (χ3v) is 2.72. The lowest BCUT2D eigenvalue weighted by Crippen LogP contribution is -2.35. The van der Waals surface area contributed by atoms with Gasteiger partial charge in [-0.1, -0.05) is 6.92 Å². The van der Waals surface area contributed by atoms with Gasteiger partial charge in [0.15, 0.2) is 0 Å². The average Bonchev–Trinajstić information content (AvgIpc) is 2.29. The van der Waals surface area contributed by atoms with Gasteiger partial charge in [0, 0.05) is 6.54 Å². The summed E-state index contributed by atoms with van der Waals surface area (Å²) in [6, 6.07) is 0. The van der Waals surface area contributed by atoms with Crippen LogP contribution in [0.2, 0.25) is 0 Å². The highest BCUT2D eigenvalue weighted by Crippen LogP contribution is 2.20. The molecule has 0 saturated carbocycles. The predicted molar refractivity (Wildman–Crippen MR) is 61.0 cm³/mol. The lowest BCUT2D eigenvalue weighted by Gasteiger charge is -2.27. The number of aliphatic hydroxyl groups excluding tert-OH is 2. The minimum atomic E-state index is -0.701. The number of aliphatic hydroxyl groups is 2. The first-order valence-electron chi connectivity index (χ1n) is 5.51. The topological polar surface area (TPSA) is 70.0 Å². The summed E-state index contributed by atoms with van der Waals surface area (Å²) in [5.74, 6) is -0.298. The van der Waals surface area contributed by atoms with Crippen LogP contribution in [0.1, 0.15) is 19.8 Å². The van der Waals surface area contributed by atoms with Gasteiger partial charge < -0.3 is 19.8 Å². The average molecular weight is 233 g/mol. The molecule has 96 valence electrons. The molecule has 0 unspecified atom stereocenters. The monoisotopic (exact) mass is 233 g/mol. The van der Waals surface area contributed by atoms with E-state index in [2.05, 4.69) is 0 Å². The number of rotatable bonds is 8. The smallest absolute Gasteiger partial charge is 0.307 e. The molecule has 0 aliphatic carbocycles. The Labute approximate surface area is 97.0 Å². The van der Waals surface area contributed by atoms with Crippen LogP contribution in [0.15, 0.2) is 0 Å². The molecule has 5 nitrogen and oxygen atoms in total. The molecule has 16 heavy (non-hydrogen) atoms. The molecule has 0 saturated heterocycles. The number of carbonyl (C=O) groups excluding carboxylic acids is 1. The van der Waals surface area contributed by atoms with Gasteiger partial charge in [0.05, 0.1) is 25.0 Å². The summed E-state index contributed by atoms with van der Waals surface area (Å²) in [6.45, 7) is 2.20. The molecular formula is C11H23NO4. The van der Waals surface area contributed by atoms with E-state index in [0.29, 0.717) is 19.4 Å². The number of esters is 1. The van der Waals surface area contributed by atoms with Gasteiger partial charge in [-0.05, 0) is 20.5 Å². The van der Waals surface area contributed by atoms with Crippen LogP contribution in [0.3, 0.4) is 0 Å². The maximum absolute atomic E-state index is 11.3. The number of carbonyl (C=O) groups is 1. The number of nitrogens with zero attached hydrogens (tertiary/aromatic N) is 1. The molecule has 2 N–H and O–H groups in total. The normalized spacial score (nSPS) is 11.9. The fourth-order valence-electron chi connectivity index (χ4n) is 1.09. The van der Waals surface area contributed by atoms with E-state index >= 15 is 0 Å². The first-order chi connectivity index (χ1) is 7.49. The van der Waals surface area contributed by atoms with Crippen LogP contribution in [0.4, 0.5) is 0 Å². The molecule has 0 amide bonds.